The first-order valence-electron chi connectivity index (χ1n) is 4.61. The highest BCUT2D eigenvalue weighted by molar-refractivity contribution is 7.92. The summed E-state index contributed by atoms with van der Waals surface area (Å²) in [5.74, 6) is -0.0976. The van der Waals surface area contributed by atoms with Gasteiger partial charge in [0.2, 0.25) is 0 Å². The lowest BCUT2D eigenvalue weighted by atomic mass is 10.2. The third kappa shape index (κ3) is 2.65. The van der Waals surface area contributed by atoms with Crippen LogP contribution in [0.3, 0.4) is 0 Å². The summed E-state index contributed by atoms with van der Waals surface area (Å²) in [6, 6.07) is 8.84. The van der Waals surface area contributed by atoms with Crippen molar-refractivity contribution in [1.82, 2.24) is 0 Å². The van der Waals surface area contributed by atoms with Crippen LogP contribution in [0, 0.1) is 0 Å². The fraction of sp³-hybridized carbons (Fsp3) is 0.364. The monoisotopic (exact) mass is 226 g/mol. The maximum Gasteiger partial charge on any atom is 0.166 e. The van der Waals surface area contributed by atoms with Gasteiger partial charge in [0.25, 0.3) is 0 Å². The molecule has 0 heterocycles. The Hall–Kier alpha value is -1.16. The van der Waals surface area contributed by atoms with Gasteiger partial charge in [0.15, 0.2) is 9.84 Å². The molecule has 1 aromatic rings. The van der Waals surface area contributed by atoms with Gasteiger partial charge in [-0.25, -0.2) is 8.42 Å². The molecule has 1 aromatic carbocycles. The van der Waals surface area contributed by atoms with Crippen LogP contribution in [-0.4, -0.2) is 19.5 Å². The highest BCUT2D eigenvalue weighted by Crippen LogP contribution is 2.18. The van der Waals surface area contributed by atoms with E-state index in [1.807, 2.05) is 6.07 Å². The lowest BCUT2D eigenvalue weighted by molar-refractivity contribution is -0.109. The molecule has 0 aliphatic rings. The molecule has 0 aliphatic carbocycles. The molecule has 0 saturated heterocycles. The molecular formula is C11H14O3S. The molecule has 0 saturated carbocycles. The molecule has 0 aromatic heterocycles. The molecule has 0 unspecified atom stereocenters. The number of carbonyl (C=O) groups excluding carboxylic acids is 1. The van der Waals surface area contributed by atoms with E-state index in [4.69, 9.17) is 0 Å². The van der Waals surface area contributed by atoms with E-state index in [9.17, 15) is 13.2 Å². The van der Waals surface area contributed by atoms with Gasteiger partial charge in [-0.1, -0.05) is 30.3 Å². The van der Waals surface area contributed by atoms with Gasteiger partial charge >= 0.3 is 0 Å². The van der Waals surface area contributed by atoms with Crippen LogP contribution in [0.5, 0.6) is 0 Å². The third-order valence-corrected chi connectivity index (χ3v) is 4.70. The summed E-state index contributed by atoms with van der Waals surface area (Å²) in [6.07, 6.45) is 0.477. The van der Waals surface area contributed by atoms with Crippen molar-refractivity contribution in [2.24, 2.45) is 0 Å². The lowest BCUT2D eigenvalue weighted by Crippen LogP contribution is -2.34. The molecule has 0 amide bonds. The smallest absolute Gasteiger partial charge is 0.166 e. The summed E-state index contributed by atoms with van der Waals surface area (Å²) in [7, 11) is -3.43. The zero-order valence-corrected chi connectivity index (χ0v) is 9.62. The normalized spacial score (nSPS) is 12.4. The molecule has 4 heteroatoms. The number of rotatable bonds is 4. The Morgan fingerprint density at radius 3 is 2.20 bits per heavy atom. The van der Waals surface area contributed by atoms with E-state index in [0.29, 0.717) is 11.8 Å². The first kappa shape index (κ1) is 11.9. The van der Waals surface area contributed by atoms with Crippen molar-refractivity contribution < 1.29 is 13.2 Å². The van der Waals surface area contributed by atoms with Crippen LogP contribution >= 0.6 is 0 Å². The minimum atomic E-state index is -3.43. The van der Waals surface area contributed by atoms with Crippen molar-refractivity contribution >= 4 is 16.1 Å². The predicted molar refractivity (Wildman–Crippen MR) is 59.2 cm³/mol. The largest absolute Gasteiger partial charge is 0.302 e. The van der Waals surface area contributed by atoms with Gasteiger partial charge < -0.3 is 4.79 Å². The highest BCUT2D eigenvalue weighted by Gasteiger charge is 2.33. The maximum absolute atomic E-state index is 11.8. The first-order chi connectivity index (χ1) is 6.89. The number of carbonyl (C=O) groups is 1. The van der Waals surface area contributed by atoms with Gasteiger partial charge in [-0.2, -0.15) is 0 Å². The summed E-state index contributed by atoms with van der Waals surface area (Å²) in [6.45, 7) is 2.83. The number of hydrogen-bond acceptors (Lipinski definition) is 3. The van der Waals surface area contributed by atoms with Crippen LogP contribution in [0.1, 0.15) is 19.4 Å². The Labute approximate surface area is 90.0 Å². The van der Waals surface area contributed by atoms with E-state index in [1.54, 1.807) is 24.3 Å². The van der Waals surface area contributed by atoms with Crippen LogP contribution in [0.2, 0.25) is 0 Å². The Morgan fingerprint density at radius 2 is 1.73 bits per heavy atom. The van der Waals surface area contributed by atoms with Crippen LogP contribution in [-0.2, 0) is 20.4 Å². The molecular weight excluding hydrogens is 212 g/mol. The summed E-state index contributed by atoms with van der Waals surface area (Å²) in [5, 5.41) is 0. The maximum atomic E-state index is 11.8. The van der Waals surface area contributed by atoms with E-state index in [0.717, 1.165) is 0 Å². The van der Waals surface area contributed by atoms with Gasteiger partial charge in [0.1, 0.15) is 11.0 Å². The van der Waals surface area contributed by atoms with E-state index in [1.165, 1.54) is 13.8 Å². The Morgan fingerprint density at radius 1 is 1.20 bits per heavy atom. The molecule has 3 nitrogen and oxygen atoms in total. The second-order valence-electron chi connectivity index (χ2n) is 3.97. The van der Waals surface area contributed by atoms with Gasteiger partial charge in [-0.05, 0) is 19.4 Å². The second kappa shape index (κ2) is 4.14. The molecule has 0 fully saturated rings. The Kier molecular flexibility index (Phi) is 3.29. The van der Waals surface area contributed by atoms with Gasteiger partial charge in [0, 0.05) is 0 Å². The summed E-state index contributed by atoms with van der Waals surface area (Å²) >= 11 is 0. The van der Waals surface area contributed by atoms with Crippen molar-refractivity contribution in [3.63, 3.8) is 0 Å². The number of benzene rings is 1. The standard InChI is InChI=1S/C11H14O3S/c1-11(2,9-12)15(13,14)8-10-6-4-3-5-7-10/h3-7,9H,8H2,1-2H3. The van der Waals surface area contributed by atoms with Crippen molar-refractivity contribution in [3.8, 4) is 0 Å². The summed E-state index contributed by atoms with van der Waals surface area (Å²) in [5.41, 5.74) is 0.701. The molecule has 15 heavy (non-hydrogen) atoms. The van der Waals surface area contributed by atoms with E-state index < -0.39 is 14.6 Å². The van der Waals surface area contributed by atoms with Crippen LogP contribution in [0.15, 0.2) is 30.3 Å². The molecule has 0 aliphatic heterocycles. The average Bonchev–Trinajstić information content (AvgIpc) is 2.18. The van der Waals surface area contributed by atoms with Crippen LogP contribution in [0.25, 0.3) is 0 Å². The highest BCUT2D eigenvalue weighted by atomic mass is 32.2. The topological polar surface area (TPSA) is 51.2 Å². The lowest BCUT2D eigenvalue weighted by Gasteiger charge is -2.17. The Bertz CT molecular complexity index is 432. The number of hydrogen-bond donors (Lipinski definition) is 0. The van der Waals surface area contributed by atoms with Crippen molar-refractivity contribution in [2.75, 3.05) is 0 Å². The molecule has 0 atom stereocenters. The van der Waals surface area contributed by atoms with E-state index in [2.05, 4.69) is 0 Å². The molecule has 0 N–H and O–H groups in total. The third-order valence-electron chi connectivity index (χ3n) is 2.28. The van der Waals surface area contributed by atoms with Crippen LogP contribution < -0.4 is 0 Å². The molecule has 0 bridgehead atoms. The molecule has 82 valence electrons. The van der Waals surface area contributed by atoms with Crippen molar-refractivity contribution in [2.45, 2.75) is 24.3 Å². The number of sulfone groups is 1. The van der Waals surface area contributed by atoms with E-state index in [-0.39, 0.29) is 5.75 Å². The quantitative estimate of drug-likeness (QED) is 0.732. The van der Waals surface area contributed by atoms with Crippen molar-refractivity contribution in [3.05, 3.63) is 35.9 Å². The van der Waals surface area contributed by atoms with Gasteiger partial charge in [-0.3, -0.25) is 0 Å². The van der Waals surface area contributed by atoms with E-state index >= 15 is 0 Å². The predicted octanol–water partition coefficient (Wildman–Crippen LogP) is 1.58. The zero-order valence-electron chi connectivity index (χ0n) is 8.80. The molecule has 1 rings (SSSR count). The van der Waals surface area contributed by atoms with Gasteiger partial charge in [0.05, 0.1) is 5.75 Å². The Balaban J connectivity index is 2.97. The first-order valence-corrected chi connectivity index (χ1v) is 6.27. The fourth-order valence-electron chi connectivity index (χ4n) is 1.05. The fourth-order valence-corrected chi connectivity index (χ4v) is 2.20. The summed E-state index contributed by atoms with van der Waals surface area (Å²) in [4.78, 5) is 10.7. The number of aldehydes is 1. The minimum absolute atomic E-state index is 0.0976. The summed E-state index contributed by atoms with van der Waals surface area (Å²) < 4.78 is 22.3. The minimum Gasteiger partial charge on any atom is -0.302 e. The average molecular weight is 226 g/mol. The molecule has 0 spiro atoms. The molecule has 0 radical (unpaired) electrons. The SMILES string of the molecule is CC(C)(C=O)S(=O)(=O)Cc1ccccc1. The van der Waals surface area contributed by atoms with Crippen LogP contribution in [0.4, 0.5) is 0 Å². The van der Waals surface area contributed by atoms with Crippen molar-refractivity contribution in [1.29, 1.82) is 0 Å². The zero-order chi connectivity index (χ0) is 11.5. The van der Waals surface area contributed by atoms with Gasteiger partial charge in [-0.15, -0.1) is 0 Å². The second-order valence-corrected chi connectivity index (χ2v) is 6.54.